The van der Waals surface area contributed by atoms with Crippen molar-refractivity contribution in [1.82, 2.24) is 0 Å². The maximum absolute atomic E-state index is 5.83. The minimum atomic E-state index is 0.434. The van der Waals surface area contributed by atoms with Crippen LogP contribution in [0.3, 0.4) is 0 Å². The van der Waals surface area contributed by atoms with Gasteiger partial charge in [-0.3, -0.25) is 4.99 Å². The van der Waals surface area contributed by atoms with Gasteiger partial charge < -0.3 is 11.1 Å². The highest BCUT2D eigenvalue weighted by atomic mass is 79.9. The van der Waals surface area contributed by atoms with Crippen molar-refractivity contribution in [2.45, 2.75) is 20.8 Å². The molecule has 0 aliphatic rings. The fourth-order valence-corrected chi connectivity index (χ4v) is 2.88. The van der Waals surface area contributed by atoms with Gasteiger partial charge in [0.25, 0.3) is 0 Å². The van der Waals surface area contributed by atoms with Crippen LogP contribution in [0.25, 0.3) is 0 Å². The highest BCUT2D eigenvalue weighted by molar-refractivity contribution is 9.11. The normalized spacial score (nSPS) is 12.0. The third-order valence-corrected chi connectivity index (χ3v) is 3.32. The van der Waals surface area contributed by atoms with Gasteiger partial charge in [-0.05, 0) is 62.4 Å². The lowest BCUT2D eigenvalue weighted by Gasteiger charge is -2.11. The Hall–Kier alpha value is -0.550. The number of aliphatic imine (C=N–C) groups is 1. The van der Waals surface area contributed by atoms with Crippen LogP contribution >= 0.6 is 31.9 Å². The van der Waals surface area contributed by atoms with E-state index in [9.17, 15) is 0 Å². The van der Waals surface area contributed by atoms with Crippen molar-refractivity contribution in [1.29, 1.82) is 0 Å². The molecule has 3 N–H and O–H groups in total. The Kier molecular flexibility index (Phi) is 5.46. The smallest absolute Gasteiger partial charge is 0.193 e. The van der Waals surface area contributed by atoms with Crippen molar-refractivity contribution in [3.05, 3.63) is 26.6 Å². The van der Waals surface area contributed by atoms with E-state index in [1.807, 2.05) is 19.1 Å². The number of benzene rings is 1. The Morgan fingerprint density at radius 3 is 2.35 bits per heavy atom. The number of halogens is 2. The minimum Gasteiger partial charge on any atom is -0.370 e. The standard InChI is InChI=1S/C12H17Br2N3/c1-7(2)6-16-12(15)17-11-9(13)4-8(3)5-10(11)14/h4-5,7H,6H2,1-3H3,(H3,15,16,17). The van der Waals surface area contributed by atoms with Crippen molar-refractivity contribution in [2.75, 3.05) is 11.9 Å². The molecule has 0 atom stereocenters. The van der Waals surface area contributed by atoms with Gasteiger partial charge in [-0.25, -0.2) is 0 Å². The molecule has 1 aromatic carbocycles. The Balaban J connectivity index is 2.85. The zero-order chi connectivity index (χ0) is 13.0. The Bertz CT molecular complexity index is 405. The molecule has 1 rings (SSSR count). The number of hydrogen-bond acceptors (Lipinski definition) is 1. The first-order chi connectivity index (χ1) is 7.90. The molecule has 0 aliphatic heterocycles. The topological polar surface area (TPSA) is 50.4 Å². The van der Waals surface area contributed by atoms with Crippen LogP contribution in [0.4, 0.5) is 5.69 Å². The van der Waals surface area contributed by atoms with Crippen molar-refractivity contribution >= 4 is 43.5 Å². The largest absolute Gasteiger partial charge is 0.370 e. The summed E-state index contributed by atoms with van der Waals surface area (Å²) in [6.07, 6.45) is 0. The third kappa shape index (κ3) is 4.68. The maximum Gasteiger partial charge on any atom is 0.193 e. The van der Waals surface area contributed by atoms with Crippen LogP contribution in [0, 0.1) is 12.8 Å². The maximum atomic E-state index is 5.83. The molecule has 0 radical (unpaired) electrons. The molecule has 0 spiro atoms. The first kappa shape index (κ1) is 14.5. The van der Waals surface area contributed by atoms with Crippen LogP contribution < -0.4 is 11.1 Å². The van der Waals surface area contributed by atoms with Gasteiger partial charge in [-0.15, -0.1) is 0 Å². The van der Waals surface area contributed by atoms with E-state index in [1.165, 1.54) is 5.56 Å². The summed E-state index contributed by atoms with van der Waals surface area (Å²) in [5, 5.41) is 3.10. The van der Waals surface area contributed by atoms with Gasteiger partial charge in [0.05, 0.1) is 5.69 Å². The monoisotopic (exact) mass is 361 g/mol. The molecule has 0 unspecified atom stereocenters. The lowest BCUT2D eigenvalue weighted by Crippen LogP contribution is -2.24. The van der Waals surface area contributed by atoms with Gasteiger partial charge >= 0.3 is 0 Å². The van der Waals surface area contributed by atoms with E-state index in [-0.39, 0.29) is 0 Å². The first-order valence-corrected chi connectivity index (χ1v) is 7.01. The van der Waals surface area contributed by atoms with Gasteiger partial charge in [0, 0.05) is 15.5 Å². The second-order valence-electron chi connectivity index (χ2n) is 4.35. The molecular formula is C12H17Br2N3. The minimum absolute atomic E-state index is 0.434. The van der Waals surface area contributed by atoms with Crippen LogP contribution in [0.1, 0.15) is 19.4 Å². The van der Waals surface area contributed by atoms with Crippen molar-refractivity contribution < 1.29 is 0 Å². The third-order valence-electron chi connectivity index (χ3n) is 2.07. The molecule has 94 valence electrons. The Labute approximate surface area is 119 Å². The number of nitrogens with two attached hydrogens (primary N) is 1. The number of rotatable bonds is 3. The second kappa shape index (κ2) is 6.40. The average molecular weight is 363 g/mol. The van der Waals surface area contributed by atoms with E-state index >= 15 is 0 Å². The molecule has 0 aliphatic carbocycles. The van der Waals surface area contributed by atoms with Crippen molar-refractivity contribution in [2.24, 2.45) is 16.6 Å². The summed E-state index contributed by atoms with van der Waals surface area (Å²) >= 11 is 7.01. The van der Waals surface area contributed by atoms with Crippen LogP contribution in [0.2, 0.25) is 0 Å². The number of guanidine groups is 1. The second-order valence-corrected chi connectivity index (χ2v) is 6.06. The van der Waals surface area contributed by atoms with Crippen molar-refractivity contribution in [3.8, 4) is 0 Å². The number of anilines is 1. The fraction of sp³-hybridized carbons (Fsp3) is 0.417. The number of hydrogen-bond donors (Lipinski definition) is 2. The van der Waals surface area contributed by atoms with E-state index < -0.39 is 0 Å². The van der Waals surface area contributed by atoms with E-state index in [2.05, 4.69) is 56.0 Å². The number of aryl methyl sites for hydroxylation is 1. The zero-order valence-corrected chi connectivity index (χ0v) is 13.4. The summed E-state index contributed by atoms with van der Waals surface area (Å²) in [4.78, 5) is 4.27. The summed E-state index contributed by atoms with van der Waals surface area (Å²) in [6.45, 7) is 6.97. The molecule has 0 saturated carbocycles. The molecule has 0 bridgehead atoms. The fourth-order valence-electron chi connectivity index (χ4n) is 1.27. The summed E-state index contributed by atoms with van der Waals surface area (Å²) in [7, 11) is 0. The highest BCUT2D eigenvalue weighted by Gasteiger charge is 2.07. The molecule has 3 nitrogen and oxygen atoms in total. The molecule has 0 aromatic heterocycles. The molecule has 0 amide bonds. The van der Waals surface area contributed by atoms with Crippen LogP contribution in [-0.2, 0) is 0 Å². The molecule has 0 heterocycles. The van der Waals surface area contributed by atoms with E-state index in [4.69, 9.17) is 5.73 Å². The van der Waals surface area contributed by atoms with Gasteiger partial charge in [0.2, 0.25) is 0 Å². The zero-order valence-electron chi connectivity index (χ0n) is 10.2. The summed E-state index contributed by atoms with van der Waals surface area (Å²) in [6, 6.07) is 4.06. The number of nitrogens with zero attached hydrogens (tertiary/aromatic N) is 1. The van der Waals surface area contributed by atoms with Crippen LogP contribution in [-0.4, -0.2) is 12.5 Å². The van der Waals surface area contributed by atoms with E-state index in [0.29, 0.717) is 11.9 Å². The predicted octanol–water partition coefficient (Wildman–Crippen LogP) is 3.90. The van der Waals surface area contributed by atoms with Gasteiger partial charge in [-0.1, -0.05) is 13.8 Å². The number of nitrogens with one attached hydrogen (secondary N) is 1. The molecule has 5 heteroatoms. The predicted molar refractivity (Wildman–Crippen MR) is 81.5 cm³/mol. The SMILES string of the molecule is Cc1cc(Br)c(NC(N)=NCC(C)C)c(Br)c1. The van der Waals surface area contributed by atoms with Crippen molar-refractivity contribution in [3.63, 3.8) is 0 Å². The molecule has 1 aromatic rings. The van der Waals surface area contributed by atoms with Crippen LogP contribution in [0.15, 0.2) is 26.1 Å². The summed E-state index contributed by atoms with van der Waals surface area (Å²) in [5.74, 6) is 0.934. The first-order valence-electron chi connectivity index (χ1n) is 5.42. The summed E-state index contributed by atoms with van der Waals surface area (Å²) in [5.41, 5.74) is 7.90. The summed E-state index contributed by atoms with van der Waals surface area (Å²) < 4.78 is 1.93. The Morgan fingerprint density at radius 2 is 1.88 bits per heavy atom. The lowest BCUT2D eigenvalue weighted by molar-refractivity contribution is 0.665. The molecule has 0 saturated heterocycles. The van der Waals surface area contributed by atoms with Gasteiger partial charge in [0.15, 0.2) is 5.96 Å². The Morgan fingerprint density at radius 1 is 1.35 bits per heavy atom. The van der Waals surface area contributed by atoms with E-state index in [1.54, 1.807) is 0 Å². The van der Waals surface area contributed by atoms with Gasteiger partial charge in [0.1, 0.15) is 0 Å². The quantitative estimate of drug-likeness (QED) is 0.632. The highest BCUT2D eigenvalue weighted by Crippen LogP contribution is 2.32. The average Bonchev–Trinajstić information content (AvgIpc) is 2.20. The molecular weight excluding hydrogens is 346 g/mol. The molecule has 17 heavy (non-hydrogen) atoms. The van der Waals surface area contributed by atoms with Gasteiger partial charge in [-0.2, -0.15) is 0 Å². The van der Waals surface area contributed by atoms with E-state index in [0.717, 1.165) is 21.2 Å². The molecule has 0 fully saturated rings. The van der Waals surface area contributed by atoms with Crippen LogP contribution in [0.5, 0.6) is 0 Å². The lowest BCUT2D eigenvalue weighted by atomic mass is 10.2.